The molecule has 134 valence electrons. The number of carbonyl (C=O) groups excluding carboxylic acids is 2. The minimum atomic E-state index is -0.651. The number of amidine groups is 1. The molecule has 2 aromatic rings. The number of rotatable bonds is 5. The molecule has 9 heteroatoms. The SMILES string of the molecule is Cc1ccc(/C=N\N=C2/NC(=O)[C@H](CC(=O)Nc3ccccc3F)S2)o1. The van der Waals surface area contributed by atoms with Crippen molar-refractivity contribution in [3.8, 4) is 0 Å². The molecule has 7 nitrogen and oxygen atoms in total. The van der Waals surface area contributed by atoms with Crippen molar-refractivity contribution in [2.24, 2.45) is 10.2 Å². The summed E-state index contributed by atoms with van der Waals surface area (Å²) in [5, 5.41) is 12.4. The number of hydrogen-bond acceptors (Lipinski definition) is 6. The Hall–Kier alpha value is -2.94. The quantitative estimate of drug-likeness (QED) is 0.621. The number of thioether (sulfide) groups is 1. The maximum atomic E-state index is 13.5. The van der Waals surface area contributed by atoms with Gasteiger partial charge < -0.3 is 15.1 Å². The molecular formula is C17H15FN4O3S. The molecule has 26 heavy (non-hydrogen) atoms. The molecule has 2 N–H and O–H groups in total. The van der Waals surface area contributed by atoms with Crippen LogP contribution in [0.25, 0.3) is 0 Å². The monoisotopic (exact) mass is 374 g/mol. The fourth-order valence-corrected chi connectivity index (χ4v) is 3.10. The third kappa shape index (κ3) is 4.57. The largest absolute Gasteiger partial charge is 0.460 e. The molecule has 1 atom stereocenters. The van der Waals surface area contributed by atoms with Crippen LogP contribution in [0.2, 0.25) is 0 Å². The summed E-state index contributed by atoms with van der Waals surface area (Å²) in [7, 11) is 0. The first kappa shape index (κ1) is 17.9. The Bertz CT molecular complexity index is 894. The van der Waals surface area contributed by atoms with Crippen molar-refractivity contribution in [1.82, 2.24) is 5.32 Å². The van der Waals surface area contributed by atoms with Crippen LogP contribution in [-0.2, 0) is 9.59 Å². The maximum Gasteiger partial charge on any atom is 0.240 e. The Morgan fingerprint density at radius 2 is 2.19 bits per heavy atom. The van der Waals surface area contributed by atoms with E-state index in [0.717, 1.165) is 17.5 Å². The number of nitrogens with one attached hydrogen (secondary N) is 2. The van der Waals surface area contributed by atoms with Gasteiger partial charge in [0.05, 0.1) is 11.9 Å². The maximum absolute atomic E-state index is 13.5. The number of benzene rings is 1. The molecule has 0 saturated carbocycles. The van der Waals surface area contributed by atoms with Crippen LogP contribution in [-0.4, -0.2) is 28.4 Å². The van der Waals surface area contributed by atoms with Gasteiger partial charge in [-0.05, 0) is 31.2 Å². The molecule has 0 spiro atoms. The van der Waals surface area contributed by atoms with E-state index >= 15 is 0 Å². The van der Waals surface area contributed by atoms with E-state index in [2.05, 4.69) is 20.8 Å². The lowest BCUT2D eigenvalue weighted by Gasteiger charge is -2.07. The van der Waals surface area contributed by atoms with E-state index in [-0.39, 0.29) is 18.0 Å². The topological polar surface area (TPSA) is 96.1 Å². The van der Waals surface area contributed by atoms with Gasteiger partial charge in [-0.25, -0.2) is 4.39 Å². The Morgan fingerprint density at radius 1 is 1.38 bits per heavy atom. The van der Waals surface area contributed by atoms with E-state index in [1.807, 2.05) is 6.92 Å². The van der Waals surface area contributed by atoms with Crippen LogP contribution in [0.3, 0.4) is 0 Å². The summed E-state index contributed by atoms with van der Waals surface area (Å²) in [6.45, 7) is 1.81. The second-order valence-corrected chi connectivity index (χ2v) is 6.62. The second kappa shape index (κ2) is 7.96. The highest BCUT2D eigenvalue weighted by atomic mass is 32.2. The summed E-state index contributed by atoms with van der Waals surface area (Å²) in [5.41, 5.74) is 0.0770. The molecule has 0 radical (unpaired) electrons. The molecule has 1 aliphatic heterocycles. The van der Waals surface area contributed by atoms with E-state index in [1.54, 1.807) is 18.2 Å². The molecule has 1 saturated heterocycles. The smallest absolute Gasteiger partial charge is 0.240 e. The van der Waals surface area contributed by atoms with Gasteiger partial charge in [0.1, 0.15) is 22.6 Å². The summed E-state index contributed by atoms with van der Waals surface area (Å²) >= 11 is 1.09. The summed E-state index contributed by atoms with van der Waals surface area (Å²) in [4.78, 5) is 24.0. The number of para-hydroxylation sites is 1. The Balaban J connectivity index is 1.56. The normalized spacial score (nSPS) is 18.5. The van der Waals surface area contributed by atoms with E-state index in [4.69, 9.17) is 4.42 Å². The van der Waals surface area contributed by atoms with Gasteiger partial charge in [-0.3, -0.25) is 9.59 Å². The molecule has 0 unspecified atom stereocenters. The van der Waals surface area contributed by atoms with Gasteiger partial charge in [0.15, 0.2) is 5.17 Å². The molecular weight excluding hydrogens is 359 g/mol. The number of amides is 2. The highest BCUT2D eigenvalue weighted by molar-refractivity contribution is 8.15. The lowest BCUT2D eigenvalue weighted by atomic mass is 10.2. The molecule has 0 bridgehead atoms. The van der Waals surface area contributed by atoms with Gasteiger partial charge >= 0.3 is 0 Å². The van der Waals surface area contributed by atoms with Crippen LogP contribution < -0.4 is 10.6 Å². The van der Waals surface area contributed by atoms with Crippen molar-refractivity contribution in [3.63, 3.8) is 0 Å². The zero-order valence-corrected chi connectivity index (χ0v) is 14.5. The molecule has 2 heterocycles. The van der Waals surface area contributed by atoms with Crippen molar-refractivity contribution in [2.75, 3.05) is 5.32 Å². The molecule has 1 fully saturated rings. The van der Waals surface area contributed by atoms with Crippen molar-refractivity contribution in [1.29, 1.82) is 0 Å². The summed E-state index contributed by atoms with van der Waals surface area (Å²) in [5.74, 6) is -0.0419. The lowest BCUT2D eigenvalue weighted by molar-refractivity contribution is -0.122. The van der Waals surface area contributed by atoms with Crippen molar-refractivity contribution < 1.29 is 18.4 Å². The van der Waals surface area contributed by atoms with Gasteiger partial charge in [0.2, 0.25) is 11.8 Å². The van der Waals surface area contributed by atoms with Crippen LogP contribution in [0.15, 0.2) is 51.0 Å². The third-order valence-electron chi connectivity index (χ3n) is 3.39. The van der Waals surface area contributed by atoms with Crippen LogP contribution in [0.4, 0.5) is 10.1 Å². The van der Waals surface area contributed by atoms with E-state index in [0.29, 0.717) is 10.9 Å². The van der Waals surface area contributed by atoms with E-state index < -0.39 is 17.0 Å². The van der Waals surface area contributed by atoms with Gasteiger partial charge in [-0.2, -0.15) is 5.10 Å². The highest BCUT2D eigenvalue weighted by Gasteiger charge is 2.32. The van der Waals surface area contributed by atoms with Crippen molar-refractivity contribution >= 4 is 40.6 Å². The standard InChI is InChI=1S/C17H15FN4O3S/c1-10-6-7-11(25-10)9-19-22-17-21-16(24)14(26-17)8-15(23)20-13-5-3-2-4-12(13)18/h2-7,9,14H,8H2,1H3,(H,20,23)(H,21,22,24)/b19-9-/t14-/m0/s1. The first-order valence-electron chi connectivity index (χ1n) is 7.70. The predicted octanol–water partition coefficient (Wildman–Crippen LogP) is 2.68. The number of halogens is 1. The van der Waals surface area contributed by atoms with Gasteiger partial charge in [-0.1, -0.05) is 23.9 Å². The first-order chi connectivity index (χ1) is 12.5. The summed E-state index contributed by atoms with van der Waals surface area (Å²) in [6, 6.07) is 9.38. The van der Waals surface area contributed by atoms with E-state index in [1.165, 1.54) is 24.4 Å². The third-order valence-corrected chi connectivity index (χ3v) is 4.46. The van der Waals surface area contributed by atoms with Crippen LogP contribution >= 0.6 is 11.8 Å². The van der Waals surface area contributed by atoms with Crippen molar-refractivity contribution in [3.05, 3.63) is 53.7 Å². The number of anilines is 1. The highest BCUT2D eigenvalue weighted by Crippen LogP contribution is 2.23. The molecule has 2 amide bonds. The Morgan fingerprint density at radius 3 is 2.92 bits per heavy atom. The lowest BCUT2D eigenvalue weighted by Crippen LogP contribution is -2.28. The molecule has 0 aliphatic carbocycles. The number of nitrogens with zero attached hydrogens (tertiary/aromatic N) is 2. The average molecular weight is 374 g/mol. The van der Waals surface area contributed by atoms with Gasteiger partial charge in [-0.15, -0.1) is 5.10 Å². The predicted molar refractivity (Wildman–Crippen MR) is 97.6 cm³/mol. The number of aryl methyl sites for hydroxylation is 1. The number of hydrogen-bond donors (Lipinski definition) is 2. The van der Waals surface area contributed by atoms with Crippen LogP contribution in [0.1, 0.15) is 17.9 Å². The molecule has 1 aromatic carbocycles. The minimum Gasteiger partial charge on any atom is -0.460 e. The molecule has 1 aliphatic rings. The second-order valence-electron chi connectivity index (χ2n) is 5.43. The van der Waals surface area contributed by atoms with Crippen molar-refractivity contribution in [2.45, 2.75) is 18.6 Å². The van der Waals surface area contributed by atoms with Gasteiger partial charge in [0.25, 0.3) is 0 Å². The van der Waals surface area contributed by atoms with Crippen LogP contribution in [0, 0.1) is 12.7 Å². The zero-order valence-electron chi connectivity index (χ0n) is 13.7. The Labute approximate surface area is 152 Å². The zero-order chi connectivity index (χ0) is 18.5. The number of furan rings is 1. The van der Waals surface area contributed by atoms with Crippen LogP contribution in [0.5, 0.6) is 0 Å². The molecule has 1 aromatic heterocycles. The van der Waals surface area contributed by atoms with Gasteiger partial charge in [0, 0.05) is 6.42 Å². The summed E-state index contributed by atoms with van der Waals surface area (Å²) in [6.07, 6.45) is 1.32. The molecule has 3 rings (SSSR count). The fourth-order valence-electron chi connectivity index (χ4n) is 2.18. The summed E-state index contributed by atoms with van der Waals surface area (Å²) < 4.78 is 18.9. The fraction of sp³-hybridized carbons (Fsp3) is 0.176. The number of carbonyl (C=O) groups is 2. The van der Waals surface area contributed by atoms with E-state index in [9.17, 15) is 14.0 Å². The average Bonchev–Trinajstić information content (AvgIpc) is 3.16. The minimum absolute atomic E-state index is 0.0770. The Kier molecular flexibility index (Phi) is 5.47. The first-order valence-corrected chi connectivity index (χ1v) is 8.58.